The van der Waals surface area contributed by atoms with Crippen molar-refractivity contribution in [1.82, 2.24) is 0 Å². The molecule has 2 amide bonds. The fourth-order valence-corrected chi connectivity index (χ4v) is 4.69. The minimum atomic E-state index is -0.469. The van der Waals surface area contributed by atoms with Gasteiger partial charge in [0.15, 0.2) is 0 Å². The van der Waals surface area contributed by atoms with Gasteiger partial charge in [-0.2, -0.15) is 0 Å². The summed E-state index contributed by atoms with van der Waals surface area (Å²) >= 11 is 1.48. The molecule has 0 fully saturated rings. The quantitative estimate of drug-likeness (QED) is 0.811. The lowest BCUT2D eigenvalue weighted by Gasteiger charge is -2.18. The molecule has 1 aliphatic rings. The van der Waals surface area contributed by atoms with E-state index in [1.165, 1.54) is 16.2 Å². The molecule has 5 nitrogen and oxygen atoms in total. The summed E-state index contributed by atoms with van der Waals surface area (Å²) < 4.78 is 5.67. The fraction of sp³-hybridized carbons (Fsp3) is 0.400. The maximum atomic E-state index is 12.3. The number of primary amides is 1. The summed E-state index contributed by atoms with van der Waals surface area (Å²) in [4.78, 5) is 25.4. The van der Waals surface area contributed by atoms with E-state index < -0.39 is 5.91 Å². The highest BCUT2D eigenvalue weighted by atomic mass is 32.1. The van der Waals surface area contributed by atoms with E-state index in [2.05, 4.69) is 12.2 Å². The van der Waals surface area contributed by atoms with Crippen LogP contribution in [0.5, 0.6) is 5.75 Å². The molecule has 1 heterocycles. The topological polar surface area (TPSA) is 81.4 Å². The molecule has 0 spiro atoms. The molecule has 138 valence electrons. The number of benzene rings is 1. The Balaban J connectivity index is 1.64. The van der Waals surface area contributed by atoms with E-state index in [9.17, 15) is 9.59 Å². The van der Waals surface area contributed by atoms with Gasteiger partial charge in [0.2, 0.25) is 5.91 Å². The molecule has 0 unspecified atom stereocenters. The number of rotatable bonds is 6. The molecule has 0 bridgehead atoms. The van der Waals surface area contributed by atoms with Gasteiger partial charge in [-0.05, 0) is 49.3 Å². The van der Waals surface area contributed by atoms with Gasteiger partial charge >= 0.3 is 0 Å². The second kappa shape index (κ2) is 7.91. The Morgan fingerprint density at radius 3 is 2.85 bits per heavy atom. The van der Waals surface area contributed by atoms with E-state index >= 15 is 0 Å². The molecular formula is C20H24N2O3S. The third kappa shape index (κ3) is 4.07. The summed E-state index contributed by atoms with van der Waals surface area (Å²) in [6, 6.07) is 7.69. The number of carbonyl (C=O) groups is 2. The van der Waals surface area contributed by atoms with Gasteiger partial charge in [0.25, 0.3) is 5.91 Å². The minimum absolute atomic E-state index is 0.173. The number of carbonyl (C=O) groups excluding carboxylic acids is 2. The van der Waals surface area contributed by atoms with Crippen molar-refractivity contribution in [3.63, 3.8) is 0 Å². The van der Waals surface area contributed by atoms with Gasteiger partial charge in [0.1, 0.15) is 10.8 Å². The van der Waals surface area contributed by atoms with Crippen molar-refractivity contribution in [1.29, 1.82) is 0 Å². The number of amides is 2. The van der Waals surface area contributed by atoms with Crippen LogP contribution in [0, 0.1) is 12.8 Å². The zero-order valence-electron chi connectivity index (χ0n) is 15.1. The van der Waals surface area contributed by atoms with Crippen molar-refractivity contribution >= 4 is 28.2 Å². The lowest BCUT2D eigenvalue weighted by molar-refractivity contribution is -0.116. The molecular weight excluding hydrogens is 348 g/mol. The van der Waals surface area contributed by atoms with Crippen LogP contribution in [0.25, 0.3) is 0 Å². The normalized spacial score (nSPS) is 16.0. The average Bonchev–Trinajstić information content (AvgIpc) is 2.93. The van der Waals surface area contributed by atoms with Gasteiger partial charge in [0, 0.05) is 4.88 Å². The Bertz CT molecular complexity index is 828. The zero-order chi connectivity index (χ0) is 18.7. The Morgan fingerprint density at radius 1 is 1.35 bits per heavy atom. The van der Waals surface area contributed by atoms with Crippen molar-refractivity contribution < 1.29 is 14.3 Å². The SMILES string of the molecule is Cc1ccccc1OCCC(=O)Nc1sc2c(c1C(N)=O)CC[C@@H](C)C2. The number of ether oxygens (including phenoxy) is 1. The first-order valence-electron chi connectivity index (χ1n) is 8.88. The van der Waals surface area contributed by atoms with Crippen LogP contribution in [0.1, 0.15) is 46.1 Å². The highest BCUT2D eigenvalue weighted by Gasteiger charge is 2.27. The van der Waals surface area contributed by atoms with E-state index in [4.69, 9.17) is 10.5 Å². The predicted molar refractivity (Wildman–Crippen MR) is 104 cm³/mol. The van der Waals surface area contributed by atoms with Crippen molar-refractivity contribution in [3.8, 4) is 5.75 Å². The van der Waals surface area contributed by atoms with Crippen LogP contribution in [0.3, 0.4) is 0 Å². The molecule has 0 aliphatic heterocycles. The number of para-hydroxylation sites is 1. The van der Waals surface area contributed by atoms with Gasteiger partial charge < -0.3 is 15.8 Å². The number of thiophene rings is 1. The number of fused-ring (bicyclic) bond motifs is 1. The fourth-order valence-electron chi connectivity index (χ4n) is 3.26. The second-order valence-corrected chi connectivity index (χ2v) is 7.94. The van der Waals surface area contributed by atoms with E-state index in [0.717, 1.165) is 36.1 Å². The number of hydrogen-bond donors (Lipinski definition) is 2. The number of nitrogens with one attached hydrogen (secondary N) is 1. The lowest BCUT2D eigenvalue weighted by Crippen LogP contribution is -2.20. The van der Waals surface area contributed by atoms with Crippen LogP contribution in [0.15, 0.2) is 24.3 Å². The zero-order valence-corrected chi connectivity index (χ0v) is 15.9. The van der Waals surface area contributed by atoms with Crippen LogP contribution in [0.2, 0.25) is 0 Å². The van der Waals surface area contributed by atoms with E-state index in [1.54, 1.807) is 0 Å². The molecule has 1 atom stereocenters. The standard InChI is InChI=1S/C20H24N2O3S/c1-12-7-8-14-16(11-12)26-20(18(14)19(21)24)22-17(23)9-10-25-15-6-4-3-5-13(15)2/h3-6,12H,7-11H2,1-2H3,(H2,21,24)(H,22,23)/t12-/m1/s1. The van der Waals surface area contributed by atoms with Gasteiger partial charge in [-0.3, -0.25) is 9.59 Å². The first kappa shape index (κ1) is 18.5. The number of hydrogen-bond acceptors (Lipinski definition) is 4. The number of nitrogens with two attached hydrogens (primary N) is 1. The molecule has 3 N–H and O–H groups in total. The summed E-state index contributed by atoms with van der Waals surface area (Å²) in [6.45, 7) is 4.45. The summed E-state index contributed by atoms with van der Waals surface area (Å²) in [6.07, 6.45) is 3.04. The van der Waals surface area contributed by atoms with E-state index in [0.29, 0.717) is 16.5 Å². The van der Waals surface area contributed by atoms with Gasteiger partial charge in [-0.1, -0.05) is 25.1 Å². The Kier molecular flexibility index (Phi) is 5.61. The summed E-state index contributed by atoms with van der Waals surface area (Å²) in [5.41, 5.74) is 8.12. The molecule has 26 heavy (non-hydrogen) atoms. The maximum Gasteiger partial charge on any atom is 0.251 e. The van der Waals surface area contributed by atoms with Crippen LogP contribution in [-0.2, 0) is 17.6 Å². The Morgan fingerprint density at radius 2 is 2.12 bits per heavy atom. The van der Waals surface area contributed by atoms with Gasteiger partial charge in [-0.25, -0.2) is 0 Å². The molecule has 0 radical (unpaired) electrons. The molecule has 0 saturated heterocycles. The number of aryl methyl sites for hydroxylation is 1. The summed E-state index contributed by atoms with van der Waals surface area (Å²) in [7, 11) is 0. The predicted octanol–water partition coefficient (Wildman–Crippen LogP) is 3.69. The lowest BCUT2D eigenvalue weighted by atomic mass is 9.88. The number of anilines is 1. The molecule has 2 aromatic rings. The summed E-state index contributed by atoms with van der Waals surface area (Å²) in [5.74, 6) is 0.725. The highest BCUT2D eigenvalue weighted by Crippen LogP contribution is 2.39. The van der Waals surface area contributed by atoms with Gasteiger partial charge in [0.05, 0.1) is 18.6 Å². The van der Waals surface area contributed by atoms with Crippen LogP contribution < -0.4 is 15.8 Å². The monoisotopic (exact) mass is 372 g/mol. The van der Waals surface area contributed by atoms with Crippen molar-refractivity contribution in [2.75, 3.05) is 11.9 Å². The van der Waals surface area contributed by atoms with Crippen molar-refractivity contribution in [3.05, 3.63) is 45.8 Å². The van der Waals surface area contributed by atoms with Crippen LogP contribution >= 0.6 is 11.3 Å². The maximum absolute atomic E-state index is 12.3. The smallest absolute Gasteiger partial charge is 0.251 e. The Hall–Kier alpha value is -2.34. The van der Waals surface area contributed by atoms with E-state index in [-0.39, 0.29) is 18.9 Å². The summed E-state index contributed by atoms with van der Waals surface area (Å²) in [5, 5.41) is 3.44. The average molecular weight is 372 g/mol. The minimum Gasteiger partial charge on any atom is -0.493 e. The second-order valence-electron chi connectivity index (χ2n) is 6.83. The molecule has 1 aliphatic carbocycles. The third-order valence-electron chi connectivity index (χ3n) is 4.69. The van der Waals surface area contributed by atoms with Crippen molar-refractivity contribution in [2.24, 2.45) is 11.7 Å². The molecule has 3 rings (SSSR count). The Labute approximate surface area is 157 Å². The highest BCUT2D eigenvalue weighted by molar-refractivity contribution is 7.17. The molecule has 1 aromatic heterocycles. The van der Waals surface area contributed by atoms with Crippen LogP contribution in [0.4, 0.5) is 5.00 Å². The largest absolute Gasteiger partial charge is 0.493 e. The third-order valence-corrected chi connectivity index (χ3v) is 5.86. The molecule has 0 saturated carbocycles. The first-order chi connectivity index (χ1) is 12.5. The molecule has 6 heteroatoms. The van der Waals surface area contributed by atoms with Gasteiger partial charge in [-0.15, -0.1) is 11.3 Å². The van der Waals surface area contributed by atoms with Crippen molar-refractivity contribution in [2.45, 2.75) is 39.5 Å². The van der Waals surface area contributed by atoms with Crippen LogP contribution in [-0.4, -0.2) is 18.4 Å². The van der Waals surface area contributed by atoms with E-state index in [1.807, 2.05) is 31.2 Å². The first-order valence-corrected chi connectivity index (χ1v) is 9.70. The molecule has 1 aromatic carbocycles.